The van der Waals surface area contributed by atoms with E-state index in [4.69, 9.17) is 0 Å². The molecule has 3 heteroatoms. The Balaban J connectivity index is 2.58. The molecule has 0 saturated carbocycles. The van der Waals surface area contributed by atoms with Gasteiger partial charge in [0.2, 0.25) is 0 Å². The van der Waals surface area contributed by atoms with E-state index in [0.29, 0.717) is 12.6 Å². The van der Waals surface area contributed by atoms with Crippen LogP contribution in [0.25, 0.3) is 0 Å². The number of benzene rings is 1. The van der Waals surface area contributed by atoms with Crippen molar-refractivity contribution in [3.63, 3.8) is 0 Å². The lowest BCUT2D eigenvalue weighted by Gasteiger charge is -2.14. The summed E-state index contributed by atoms with van der Waals surface area (Å²) in [6.45, 7) is 9.69. The van der Waals surface area contributed by atoms with E-state index in [0.717, 1.165) is 17.7 Å². The fourth-order valence-corrected chi connectivity index (χ4v) is 1.83. The van der Waals surface area contributed by atoms with E-state index in [1.165, 1.54) is 5.56 Å². The molecule has 0 aliphatic heterocycles. The highest BCUT2D eigenvalue weighted by Crippen LogP contribution is 2.10. The van der Waals surface area contributed by atoms with Crippen molar-refractivity contribution in [1.29, 1.82) is 0 Å². The smallest absolute Gasteiger partial charge is 0.251 e. The number of carbonyl (C=O) groups is 1. The zero-order valence-corrected chi connectivity index (χ0v) is 11.1. The molecular formula is C14H22N2O. The van der Waals surface area contributed by atoms with Crippen LogP contribution in [-0.4, -0.2) is 25.0 Å². The van der Waals surface area contributed by atoms with Gasteiger partial charge < -0.3 is 10.6 Å². The van der Waals surface area contributed by atoms with E-state index < -0.39 is 0 Å². The number of nitrogens with one attached hydrogen (secondary N) is 2. The van der Waals surface area contributed by atoms with Crippen LogP contribution in [0.15, 0.2) is 18.2 Å². The topological polar surface area (TPSA) is 41.1 Å². The fraction of sp³-hybridized carbons (Fsp3) is 0.500. The first-order valence-electron chi connectivity index (χ1n) is 6.13. The van der Waals surface area contributed by atoms with Crippen LogP contribution in [0.4, 0.5) is 0 Å². The Morgan fingerprint density at radius 1 is 1.35 bits per heavy atom. The molecule has 1 atom stereocenters. The summed E-state index contributed by atoms with van der Waals surface area (Å²) in [6.07, 6.45) is 0. The first kappa shape index (κ1) is 13.7. The minimum Gasteiger partial charge on any atom is -0.350 e. The van der Waals surface area contributed by atoms with Gasteiger partial charge in [-0.25, -0.2) is 0 Å². The van der Waals surface area contributed by atoms with Gasteiger partial charge in [-0.3, -0.25) is 4.79 Å². The zero-order valence-electron chi connectivity index (χ0n) is 11.1. The molecule has 0 unspecified atom stereocenters. The molecule has 1 aromatic rings. The maximum Gasteiger partial charge on any atom is 0.251 e. The number of hydrogen-bond donors (Lipinski definition) is 2. The van der Waals surface area contributed by atoms with Gasteiger partial charge in [0, 0.05) is 18.2 Å². The molecule has 1 rings (SSSR count). The van der Waals surface area contributed by atoms with Crippen LogP contribution >= 0.6 is 0 Å². The molecule has 1 amide bonds. The van der Waals surface area contributed by atoms with Crippen LogP contribution in [0.1, 0.15) is 35.3 Å². The molecule has 0 fully saturated rings. The van der Waals surface area contributed by atoms with Crippen molar-refractivity contribution in [2.75, 3.05) is 13.1 Å². The molecule has 0 bridgehead atoms. The van der Waals surface area contributed by atoms with Gasteiger partial charge in [-0.15, -0.1) is 0 Å². The van der Waals surface area contributed by atoms with E-state index in [9.17, 15) is 4.79 Å². The highest BCUT2D eigenvalue weighted by molar-refractivity contribution is 5.95. The highest BCUT2D eigenvalue weighted by atomic mass is 16.1. The minimum absolute atomic E-state index is 0.00672. The maximum absolute atomic E-state index is 11.9. The third-order valence-corrected chi connectivity index (χ3v) is 2.75. The summed E-state index contributed by atoms with van der Waals surface area (Å²) in [4.78, 5) is 11.9. The van der Waals surface area contributed by atoms with Crippen LogP contribution < -0.4 is 10.6 Å². The maximum atomic E-state index is 11.9. The first-order valence-corrected chi connectivity index (χ1v) is 6.13. The summed E-state index contributed by atoms with van der Waals surface area (Å²) in [6, 6.07) is 6.19. The van der Waals surface area contributed by atoms with Crippen molar-refractivity contribution in [3.05, 3.63) is 34.9 Å². The van der Waals surface area contributed by atoms with Gasteiger partial charge in [0.1, 0.15) is 0 Å². The minimum atomic E-state index is 0.00672. The van der Waals surface area contributed by atoms with Crippen LogP contribution in [0.5, 0.6) is 0 Å². The van der Waals surface area contributed by atoms with Gasteiger partial charge >= 0.3 is 0 Å². The SMILES string of the molecule is CCN[C@H](C)CNC(=O)c1ccc(C)cc1C. The van der Waals surface area contributed by atoms with Crippen LogP contribution in [0, 0.1) is 13.8 Å². The molecule has 0 spiro atoms. The monoisotopic (exact) mass is 234 g/mol. The molecular weight excluding hydrogens is 212 g/mol. The predicted octanol–water partition coefficient (Wildman–Crippen LogP) is 2.03. The Morgan fingerprint density at radius 3 is 2.65 bits per heavy atom. The second kappa shape index (κ2) is 6.40. The fourth-order valence-electron chi connectivity index (χ4n) is 1.83. The summed E-state index contributed by atoms with van der Waals surface area (Å²) in [5.41, 5.74) is 2.97. The number of carbonyl (C=O) groups excluding carboxylic acids is 1. The lowest BCUT2D eigenvalue weighted by atomic mass is 10.1. The Kier molecular flexibility index (Phi) is 5.16. The standard InChI is InChI=1S/C14H22N2O/c1-5-15-12(4)9-16-14(17)13-7-6-10(2)8-11(13)3/h6-8,12,15H,5,9H2,1-4H3,(H,16,17)/t12-/m1/s1. The lowest BCUT2D eigenvalue weighted by Crippen LogP contribution is -2.39. The molecule has 0 saturated heterocycles. The van der Waals surface area contributed by atoms with E-state index in [1.807, 2.05) is 32.0 Å². The summed E-state index contributed by atoms with van der Waals surface area (Å²) in [5, 5.41) is 6.20. The molecule has 2 N–H and O–H groups in total. The summed E-state index contributed by atoms with van der Waals surface area (Å²) < 4.78 is 0. The van der Waals surface area contributed by atoms with Crippen molar-refractivity contribution in [3.8, 4) is 0 Å². The Labute approximate surface area is 104 Å². The van der Waals surface area contributed by atoms with Gasteiger partial charge in [0.15, 0.2) is 0 Å². The average molecular weight is 234 g/mol. The largest absolute Gasteiger partial charge is 0.350 e. The number of likely N-dealkylation sites (N-methyl/N-ethyl adjacent to an activating group) is 1. The molecule has 3 nitrogen and oxygen atoms in total. The van der Waals surface area contributed by atoms with Crippen molar-refractivity contribution < 1.29 is 4.79 Å². The molecule has 0 aromatic heterocycles. The predicted molar refractivity (Wildman–Crippen MR) is 71.4 cm³/mol. The van der Waals surface area contributed by atoms with E-state index >= 15 is 0 Å². The summed E-state index contributed by atoms with van der Waals surface area (Å²) >= 11 is 0. The van der Waals surface area contributed by atoms with Crippen LogP contribution in [-0.2, 0) is 0 Å². The molecule has 0 aliphatic rings. The van der Waals surface area contributed by atoms with E-state index in [-0.39, 0.29) is 5.91 Å². The van der Waals surface area contributed by atoms with E-state index in [2.05, 4.69) is 24.5 Å². The Hall–Kier alpha value is -1.35. The third kappa shape index (κ3) is 4.19. The molecule has 1 aromatic carbocycles. The van der Waals surface area contributed by atoms with Crippen molar-refractivity contribution >= 4 is 5.91 Å². The van der Waals surface area contributed by atoms with Gasteiger partial charge in [0.05, 0.1) is 0 Å². The number of hydrogen-bond acceptors (Lipinski definition) is 2. The summed E-state index contributed by atoms with van der Waals surface area (Å²) in [5.74, 6) is 0.00672. The molecule has 0 heterocycles. The van der Waals surface area contributed by atoms with Crippen molar-refractivity contribution in [2.45, 2.75) is 33.7 Å². The normalized spacial score (nSPS) is 12.2. The highest BCUT2D eigenvalue weighted by Gasteiger charge is 2.09. The summed E-state index contributed by atoms with van der Waals surface area (Å²) in [7, 11) is 0. The lowest BCUT2D eigenvalue weighted by molar-refractivity contribution is 0.0949. The van der Waals surface area contributed by atoms with Crippen molar-refractivity contribution in [2.24, 2.45) is 0 Å². The quantitative estimate of drug-likeness (QED) is 0.818. The molecule has 0 radical (unpaired) electrons. The molecule has 94 valence electrons. The van der Waals surface area contributed by atoms with Gasteiger partial charge in [0.25, 0.3) is 5.91 Å². The molecule has 17 heavy (non-hydrogen) atoms. The Morgan fingerprint density at radius 2 is 2.06 bits per heavy atom. The average Bonchev–Trinajstić information content (AvgIpc) is 2.26. The zero-order chi connectivity index (χ0) is 12.8. The van der Waals surface area contributed by atoms with Gasteiger partial charge in [-0.2, -0.15) is 0 Å². The number of rotatable bonds is 5. The molecule has 0 aliphatic carbocycles. The number of aryl methyl sites for hydroxylation is 2. The van der Waals surface area contributed by atoms with Crippen molar-refractivity contribution in [1.82, 2.24) is 10.6 Å². The van der Waals surface area contributed by atoms with Crippen LogP contribution in [0.3, 0.4) is 0 Å². The second-order valence-electron chi connectivity index (χ2n) is 4.49. The Bertz CT molecular complexity index is 388. The third-order valence-electron chi connectivity index (χ3n) is 2.75. The number of amides is 1. The van der Waals surface area contributed by atoms with Gasteiger partial charge in [-0.05, 0) is 38.9 Å². The van der Waals surface area contributed by atoms with Gasteiger partial charge in [-0.1, -0.05) is 24.6 Å². The first-order chi connectivity index (χ1) is 8.04. The van der Waals surface area contributed by atoms with E-state index in [1.54, 1.807) is 0 Å². The van der Waals surface area contributed by atoms with Crippen LogP contribution in [0.2, 0.25) is 0 Å². The second-order valence-corrected chi connectivity index (χ2v) is 4.49.